The Balaban J connectivity index is 1.90. The molecular formula is C20H24N2O3. The Labute approximate surface area is 148 Å². The third-order valence-electron chi connectivity index (χ3n) is 4.05. The van der Waals surface area contributed by atoms with Crippen LogP contribution in [0, 0.1) is 6.92 Å². The fraction of sp³-hybridized carbons (Fsp3) is 0.300. The highest BCUT2D eigenvalue weighted by Gasteiger charge is 2.13. The number of carbonyl (C=O) groups excluding carboxylic acids is 2. The lowest BCUT2D eigenvalue weighted by atomic mass is 10.1. The van der Waals surface area contributed by atoms with Crippen molar-refractivity contribution in [3.63, 3.8) is 0 Å². The van der Waals surface area contributed by atoms with Crippen molar-refractivity contribution in [1.29, 1.82) is 0 Å². The highest BCUT2D eigenvalue weighted by Crippen LogP contribution is 2.15. The van der Waals surface area contributed by atoms with Crippen LogP contribution in [-0.4, -0.2) is 30.4 Å². The van der Waals surface area contributed by atoms with Gasteiger partial charge < -0.3 is 15.0 Å². The monoisotopic (exact) mass is 340 g/mol. The van der Waals surface area contributed by atoms with Crippen molar-refractivity contribution in [3.05, 3.63) is 59.7 Å². The molecule has 0 fully saturated rings. The lowest BCUT2D eigenvalue weighted by Crippen LogP contribution is -2.31. The number of methoxy groups -OCH3 is 1. The number of benzene rings is 2. The van der Waals surface area contributed by atoms with Crippen molar-refractivity contribution in [2.45, 2.75) is 26.8 Å². The number of ether oxygens (including phenoxy) is 1. The van der Waals surface area contributed by atoms with Crippen LogP contribution in [0.3, 0.4) is 0 Å². The lowest BCUT2D eigenvalue weighted by molar-refractivity contribution is -0.129. The molecule has 5 heteroatoms. The molecule has 1 N–H and O–H groups in total. The minimum Gasteiger partial charge on any atom is -0.497 e. The average molecular weight is 340 g/mol. The summed E-state index contributed by atoms with van der Waals surface area (Å²) >= 11 is 0. The SMILES string of the molecule is COc1ccc(NC(=O)CCN(Cc2ccccc2C)C(C)=O)cc1. The normalized spacial score (nSPS) is 10.2. The third kappa shape index (κ3) is 5.64. The zero-order valence-corrected chi connectivity index (χ0v) is 14.9. The Morgan fingerprint density at radius 3 is 2.36 bits per heavy atom. The molecule has 0 aliphatic rings. The van der Waals surface area contributed by atoms with Crippen molar-refractivity contribution in [3.8, 4) is 5.75 Å². The predicted molar refractivity (Wildman–Crippen MR) is 98.5 cm³/mol. The van der Waals surface area contributed by atoms with E-state index in [1.54, 1.807) is 36.3 Å². The minimum atomic E-state index is -0.124. The van der Waals surface area contributed by atoms with E-state index in [1.807, 2.05) is 31.2 Å². The van der Waals surface area contributed by atoms with E-state index in [4.69, 9.17) is 4.74 Å². The van der Waals surface area contributed by atoms with Crippen LogP contribution in [0.1, 0.15) is 24.5 Å². The highest BCUT2D eigenvalue weighted by molar-refractivity contribution is 5.91. The van der Waals surface area contributed by atoms with E-state index in [2.05, 4.69) is 5.32 Å². The fourth-order valence-corrected chi connectivity index (χ4v) is 2.48. The molecule has 0 unspecified atom stereocenters. The molecule has 0 atom stereocenters. The molecule has 0 saturated heterocycles. The summed E-state index contributed by atoms with van der Waals surface area (Å²) in [6.07, 6.45) is 0.248. The minimum absolute atomic E-state index is 0.0412. The molecular weight excluding hydrogens is 316 g/mol. The van der Waals surface area contributed by atoms with E-state index >= 15 is 0 Å². The van der Waals surface area contributed by atoms with Crippen molar-refractivity contribution >= 4 is 17.5 Å². The lowest BCUT2D eigenvalue weighted by Gasteiger charge is -2.22. The van der Waals surface area contributed by atoms with E-state index in [0.717, 1.165) is 16.9 Å². The first-order chi connectivity index (χ1) is 12.0. The molecule has 25 heavy (non-hydrogen) atoms. The molecule has 2 amide bonds. The van der Waals surface area contributed by atoms with Gasteiger partial charge in [-0.3, -0.25) is 9.59 Å². The number of amides is 2. The zero-order valence-electron chi connectivity index (χ0n) is 14.9. The number of hydrogen-bond acceptors (Lipinski definition) is 3. The second-order valence-corrected chi connectivity index (χ2v) is 5.89. The van der Waals surface area contributed by atoms with E-state index in [-0.39, 0.29) is 18.2 Å². The first kappa shape index (κ1) is 18.5. The van der Waals surface area contributed by atoms with Gasteiger partial charge in [0.1, 0.15) is 5.75 Å². The molecule has 132 valence electrons. The largest absolute Gasteiger partial charge is 0.497 e. The van der Waals surface area contributed by atoms with Gasteiger partial charge in [-0.2, -0.15) is 0 Å². The maximum absolute atomic E-state index is 12.1. The summed E-state index contributed by atoms with van der Waals surface area (Å²) in [7, 11) is 1.60. The number of hydrogen-bond donors (Lipinski definition) is 1. The summed E-state index contributed by atoms with van der Waals surface area (Å²) in [4.78, 5) is 25.7. The molecule has 0 radical (unpaired) electrons. The Kier molecular flexibility index (Phi) is 6.57. The van der Waals surface area contributed by atoms with E-state index in [0.29, 0.717) is 18.8 Å². The summed E-state index contributed by atoms with van der Waals surface area (Å²) in [5, 5.41) is 2.83. The van der Waals surface area contributed by atoms with Gasteiger partial charge in [0.05, 0.1) is 7.11 Å². The van der Waals surface area contributed by atoms with Gasteiger partial charge in [-0.25, -0.2) is 0 Å². The van der Waals surface area contributed by atoms with Gasteiger partial charge in [0.15, 0.2) is 0 Å². The van der Waals surface area contributed by atoms with Crippen LogP contribution in [0.5, 0.6) is 5.75 Å². The molecule has 0 spiro atoms. The molecule has 0 aromatic heterocycles. The first-order valence-corrected chi connectivity index (χ1v) is 8.23. The Bertz CT molecular complexity index is 726. The smallest absolute Gasteiger partial charge is 0.226 e. The van der Waals surface area contributed by atoms with Gasteiger partial charge in [-0.1, -0.05) is 24.3 Å². The number of aryl methyl sites for hydroxylation is 1. The van der Waals surface area contributed by atoms with E-state index in [1.165, 1.54) is 6.92 Å². The van der Waals surface area contributed by atoms with Crippen LogP contribution in [0.25, 0.3) is 0 Å². The van der Waals surface area contributed by atoms with Crippen LogP contribution in [-0.2, 0) is 16.1 Å². The maximum atomic E-state index is 12.1. The standard InChI is InChI=1S/C20H24N2O3/c1-15-6-4-5-7-17(15)14-22(16(2)23)13-12-20(24)21-18-8-10-19(25-3)11-9-18/h4-11H,12-14H2,1-3H3,(H,21,24). The Morgan fingerprint density at radius 1 is 1.08 bits per heavy atom. The number of nitrogens with zero attached hydrogens (tertiary/aromatic N) is 1. The highest BCUT2D eigenvalue weighted by atomic mass is 16.5. The molecule has 2 rings (SSSR count). The summed E-state index contributed by atoms with van der Waals surface area (Å²) in [5.41, 5.74) is 2.93. The Morgan fingerprint density at radius 2 is 1.76 bits per heavy atom. The quantitative estimate of drug-likeness (QED) is 0.840. The molecule has 0 bridgehead atoms. The predicted octanol–water partition coefficient (Wildman–Crippen LogP) is 3.38. The number of nitrogens with one attached hydrogen (secondary N) is 1. The van der Waals surface area contributed by atoms with Gasteiger partial charge in [-0.05, 0) is 42.3 Å². The van der Waals surface area contributed by atoms with Crippen LogP contribution < -0.4 is 10.1 Å². The number of carbonyl (C=O) groups is 2. The molecule has 5 nitrogen and oxygen atoms in total. The second-order valence-electron chi connectivity index (χ2n) is 5.89. The third-order valence-corrected chi connectivity index (χ3v) is 4.05. The molecule has 0 saturated carbocycles. The van der Waals surface area contributed by atoms with Crippen molar-refractivity contribution in [2.75, 3.05) is 19.0 Å². The maximum Gasteiger partial charge on any atom is 0.226 e. The van der Waals surface area contributed by atoms with Gasteiger partial charge in [0.25, 0.3) is 0 Å². The molecule has 0 heterocycles. The topological polar surface area (TPSA) is 58.6 Å². The van der Waals surface area contributed by atoms with Crippen LogP contribution in [0.4, 0.5) is 5.69 Å². The number of anilines is 1. The molecule has 0 aliphatic carbocycles. The number of rotatable bonds is 7. The summed E-state index contributed by atoms with van der Waals surface area (Å²) in [6.45, 7) is 4.44. The van der Waals surface area contributed by atoms with E-state index in [9.17, 15) is 9.59 Å². The van der Waals surface area contributed by atoms with Gasteiger partial charge in [-0.15, -0.1) is 0 Å². The first-order valence-electron chi connectivity index (χ1n) is 8.23. The fourth-order valence-electron chi connectivity index (χ4n) is 2.48. The van der Waals surface area contributed by atoms with Crippen LogP contribution >= 0.6 is 0 Å². The van der Waals surface area contributed by atoms with Crippen LogP contribution in [0.2, 0.25) is 0 Å². The molecule has 0 aliphatic heterocycles. The average Bonchev–Trinajstić information content (AvgIpc) is 2.60. The van der Waals surface area contributed by atoms with Crippen molar-refractivity contribution in [2.24, 2.45) is 0 Å². The van der Waals surface area contributed by atoms with Gasteiger partial charge >= 0.3 is 0 Å². The van der Waals surface area contributed by atoms with Gasteiger partial charge in [0, 0.05) is 32.1 Å². The Hall–Kier alpha value is -2.82. The summed E-state index contributed by atoms with van der Waals surface area (Å²) < 4.78 is 5.09. The zero-order chi connectivity index (χ0) is 18.2. The van der Waals surface area contributed by atoms with Crippen molar-refractivity contribution in [1.82, 2.24) is 4.90 Å². The van der Waals surface area contributed by atoms with E-state index < -0.39 is 0 Å². The second kappa shape index (κ2) is 8.87. The van der Waals surface area contributed by atoms with Crippen LogP contribution in [0.15, 0.2) is 48.5 Å². The molecule has 2 aromatic rings. The van der Waals surface area contributed by atoms with Crippen molar-refractivity contribution < 1.29 is 14.3 Å². The summed E-state index contributed by atoms with van der Waals surface area (Å²) in [5.74, 6) is 0.570. The summed E-state index contributed by atoms with van der Waals surface area (Å²) in [6, 6.07) is 15.1. The van der Waals surface area contributed by atoms with Gasteiger partial charge in [0.2, 0.25) is 11.8 Å². The molecule has 2 aromatic carbocycles.